The fourth-order valence-corrected chi connectivity index (χ4v) is 1.98. The molecule has 0 aromatic heterocycles. The summed E-state index contributed by atoms with van der Waals surface area (Å²) in [5.74, 6) is -0.459. The van der Waals surface area contributed by atoms with Crippen LogP contribution in [0.4, 0.5) is 0 Å². The molecule has 13 heavy (non-hydrogen) atoms. The van der Waals surface area contributed by atoms with Gasteiger partial charge < -0.3 is 10.6 Å². The van der Waals surface area contributed by atoms with Gasteiger partial charge in [-0.3, -0.25) is 9.59 Å². The minimum absolute atomic E-state index is 0.465. The molecule has 0 spiro atoms. The minimum Gasteiger partial charge on any atom is -0.361 e. The molecule has 0 aromatic carbocycles. The summed E-state index contributed by atoms with van der Waals surface area (Å²) in [5, 5.41) is 0. The maximum absolute atomic E-state index is 11.2. The van der Waals surface area contributed by atoms with E-state index in [4.69, 9.17) is 5.73 Å². The third-order valence-electron chi connectivity index (χ3n) is 2.37. The van der Waals surface area contributed by atoms with Gasteiger partial charge in [-0.25, -0.2) is 0 Å². The van der Waals surface area contributed by atoms with Gasteiger partial charge in [0.1, 0.15) is 0 Å². The van der Waals surface area contributed by atoms with Crippen molar-refractivity contribution in [3.63, 3.8) is 0 Å². The van der Waals surface area contributed by atoms with E-state index >= 15 is 0 Å². The molecular formula is C9H16N2O2. The van der Waals surface area contributed by atoms with Gasteiger partial charge in [-0.1, -0.05) is 13.8 Å². The SMILES string of the molecule is CC1CC(C)CN(C(=O)C(N)=O)C1. The van der Waals surface area contributed by atoms with Crippen LogP contribution in [0.1, 0.15) is 20.3 Å². The summed E-state index contributed by atoms with van der Waals surface area (Å²) in [6.07, 6.45) is 1.11. The van der Waals surface area contributed by atoms with E-state index in [2.05, 4.69) is 13.8 Å². The van der Waals surface area contributed by atoms with E-state index in [0.29, 0.717) is 24.9 Å². The monoisotopic (exact) mass is 184 g/mol. The van der Waals surface area contributed by atoms with Crippen molar-refractivity contribution in [3.8, 4) is 0 Å². The summed E-state index contributed by atoms with van der Waals surface area (Å²) >= 11 is 0. The molecule has 2 atom stereocenters. The first-order valence-corrected chi connectivity index (χ1v) is 4.59. The molecule has 4 heteroatoms. The number of piperidine rings is 1. The highest BCUT2D eigenvalue weighted by atomic mass is 16.2. The summed E-state index contributed by atoms with van der Waals surface area (Å²) in [6.45, 7) is 5.48. The first-order valence-electron chi connectivity index (χ1n) is 4.59. The maximum Gasteiger partial charge on any atom is 0.311 e. The van der Waals surface area contributed by atoms with Crippen molar-refractivity contribution in [3.05, 3.63) is 0 Å². The molecule has 1 aliphatic rings. The average Bonchev–Trinajstić information content (AvgIpc) is 2.01. The van der Waals surface area contributed by atoms with E-state index in [1.165, 1.54) is 0 Å². The molecule has 0 radical (unpaired) electrons. The van der Waals surface area contributed by atoms with Crippen LogP contribution in [0.3, 0.4) is 0 Å². The fourth-order valence-electron chi connectivity index (χ4n) is 1.98. The summed E-state index contributed by atoms with van der Waals surface area (Å²) in [5.41, 5.74) is 4.93. The zero-order valence-electron chi connectivity index (χ0n) is 8.12. The molecule has 0 saturated carbocycles. The first kappa shape index (κ1) is 10.0. The number of hydrogen-bond acceptors (Lipinski definition) is 2. The van der Waals surface area contributed by atoms with Crippen molar-refractivity contribution in [2.75, 3.05) is 13.1 Å². The van der Waals surface area contributed by atoms with Gasteiger partial charge in [-0.05, 0) is 18.3 Å². The van der Waals surface area contributed by atoms with Crippen LogP contribution in [0.2, 0.25) is 0 Å². The van der Waals surface area contributed by atoms with Gasteiger partial charge in [0.05, 0.1) is 0 Å². The largest absolute Gasteiger partial charge is 0.361 e. The zero-order chi connectivity index (χ0) is 10.0. The van der Waals surface area contributed by atoms with Gasteiger partial charge in [0, 0.05) is 13.1 Å². The molecule has 4 nitrogen and oxygen atoms in total. The Morgan fingerprint density at radius 2 is 1.69 bits per heavy atom. The third kappa shape index (κ3) is 2.44. The van der Waals surface area contributed by atoms with Crippen molar-refractivity contribution in [1.82, 2.24) is 4.90 Å². The van der Waals surface area contributed by atoms with Crippen LogP contribution in [0.25, 0.3) is 0 Å². The molecular weight excluding hydrogens is 168 g/mol. The summed E-state index contributed by atoms with van der Waals surface area (Å²) in [4.78, 5) is 23.4. The van der Waals surface area contributed by atoms with Crippen molar-refractivity contribution in [2.45, 2.75) is 20.3 Å². The molecule has 0 aliphatic carbocycles. The standard InChI is InChI=1S/C9H16N2O2/c1-6-3-7(2)5-11(4-6)9(13)8(10)12/h6-7H,3-5H2,1-2H3,(H2,10,12). The predicted octanol–water partition coefficient (Wildman–Crippen LogP) is -0.0238. The smallest absolute Gasteiger partial charge is 0.311 e. The van der Waals surface area contributed by atoms with E-state index in [1.807, 2.05) is 0 Å². The maximum atomic E-state index is 11.2. The Labute approximate surface area is 78.1 Å². The van der Waals surface area contributed by atoms with Crippen LogP contribution < -0.4 is 5.73 Å². The van der Waals surface area contributed by atoms with Crippen molar-refractivity contribution < 1.29 is 9.59 Å². The molecule has 2 unspecified atom stereocenters. The Morgan fingerprint density at radius 1 is 1.23 bits per heavy atom. The third-order valence-corrected chi connectivity index (χ3v) is 2.37. The summed E-state index contributed by atoms with van der Waals surface area (Å²) < 4.78 is 0. The van der Waals surface area contributed by atoms with Gasteiger partial charge in [-0.2, -0.15) is 0 Å². The Kier molecular flexibility index (Phi) is 2.90. The lowest BCUT2D eigenvalue weighted by atomic mass is 9.92. The number of nitrogens with two attached hydrogens (primary N) is 1. The lowest BCUT2D eigenvalue weighted by Crippen LogP contribution is -2.47. The van der Waals surface area contributed by atoms with Gasteiger partial charge in [0.2, 0.25) is 0 Å². The molecule has 1 fully saturated rings. The Morgan fingerprint density at radius 3 is 2.08 bits per heavy atom. The topological polar surface area (TPSA) is 63.4 Å². The normalized spacial score (nSPS) is 28.6. The second-order valence-electron chi connectivity index (χ2n) is 4.02. The van der Waals surface area contributed by atoms with Crippen molar-refractivity contribution in [2.24, 2.45) is 17.6 Å². The lowest BCUT2D eigenvalue weighted by Gasteiger charge is -2.34. The first-order chi connectivity index (χ1) is 6.00. The molecule has 2 N–H and O–H groups in total. The molecule has 1 rings (SSSR count). The van der Waals surface area contributed by atoms with Crippen LogP contribution in [0.15, 0.2) is 0 Å². The Bertz CT molecular complexity index is 218. The van der Waals surface area contributed by atoms with Gasteiger partial charge in [0.15, 0.2) is 0 Å². The van der Waals surface area contributed by atoms with E-state index < -0.39 is 11.8 Å². The number of carbonyl (C=O) groups excluding carboxylic acids is 2. The van der Waals surface area contributed by atoms with E-state index in [-0.39, 0.29) is 0 Å². The van der Waals surface area contributed by atoms with Crippen LogP contribution in [-0.4, -0.2) is 29.8 Å². The van der Waals surface area contributed by atoms with Crippen LogP contribution >= 0.6 is 0 Å². The van der Waals surface area contributed by atoms with Gasteiger partial charge >= 0.3 is 11.8 Å². The highest BCUT2D eigenvalue weighted by molar-refractivity contribution is 6.34. The Hall–Kier alpha value is -1.06. The minimum atomic E-state index is -0.846. The van der Waals surface area contributed by atoms with Gasteiger partial charge in [-0.15, -0.1) is 0 Å². The predicted molar refractivity (Wildman–Crippen MR) is 48.7 cm³/mol. The van der Waals surface area contributed by atoms with E-state index in [0.717, 1.165) is 6.42 Å². The highest BCUT2D eigenvalue weighted by Crippen LogP contribution is 2.20. The molecule has 0 aromatic rings. The summed E-state index contributed by atoms with van der Waals surface area (Å²) in [7, 11) is 0. The van der Waals surface area contributed by atoms with Crippen molar-refractivity contribution in [1.29, 1.82) is 0 Å². The van der Waals surface area contributed by atoms with Crippen LogP contribution in [-0.2, 0) is 9.59 Å². The van der Waals surface area contributed by atoms with Crippen LogP contribution in [0.5, 0.6) is 0 Å². The molecule has 1 heterocycles. The van der Waals surface area contributed by atoms with E-state index in [1.54, 1.807) is 4.90 Å². The second-order valence-corrected chi connectivity index (χ2v) is 4.02. The second kappa shape index (κ2) is 3.77. The average molecular weight is 184 g/mol. The zero-order valence-corrected chi connectivity index (χ0v) is 8.12. The fraction of sp³-hybridized carbons (Fsp3) is 0.778. The molecule has 1 aliphatic heterocycles. The number of hydrogen-bond donors (Lipinski definition) is 1. The number of rotatable bonds is 0. The number of likely N-dealkylation sites (tertiary alicyclic amines) is 1. The van der Waals surface area contributed by atoms with Gasteiger partial charge in [0.25, 0.3) is 0 Å². The van der Waals surface area contributed by atoms with Crippen molar-refractivity contribution >= 4 is 11.8 Å². The summed E-state index contributed by atoms with van der Waals surface area (Å²) in [6, 6.07) is 0. The highest BCUT2D eigenvalue weighted by Gasteiger charge is 2.27. The van der Waals surface area contributed by atoms with Crippen LogP contribution in [0, 0.1) is 11.8 Å². The lowest BCUT2D eigenvalue weighted by molar-refractivity contribution is -0.145. The number of primary amides is 1. The number of carbonyl (C=O) groups is 2. The molecule has 1 saturated heterocycles. The number of nitrogens with zero attached hydrogens (tertiary/aromatic N) is 1. The quantitative estimate of drug-likeness (QED) is 0.537. The molecule has 2 amide bonds. The molecule has 0 bridgehead atoms. The molecule has 74 valence electrons. The number of amides is 2. The Balaban J connectivity index is 2.60. The van der Waals surface area contributed by atoms with E-state index in [9.17, 15) is 9.59 Å².